The summed E-state index contributed by atoms with van der Waals surface area (Å²) in [4.78, 5) is 19.3. The van der Waals surface area contributed by atoms with Crippen LogP contribution >= 0.6 is 11.8 Å². The minimum atomic E-state index is 0.314. The highest BCUT2D eigenvalue weighted by Gasteiger charge is 2.38. The second-order valence-corrected chi connectivity index (χ2v) is 7.90. The van der Waals surface area contributed by atoms with E-state index in [0.29, 0.717) is 23.7 Å². The highest BCUT2D eigenvalue weighted by atomic mass is 32.2. The Kier molecular flexibility index (Phi) is 5.07. The zero-order valence-corrected chi connectivity index (χ0v) is 14.4. The largest absolute Gasteiger partial charge is 0.336 e. The predicted octanol–water partition coefficient (Wildman–Crippen LogP) is 4.05. The van der Waals surface area contributed by atoms with Crippen LogP contribution in [0.25, 0.3) is 0 Å². The number of aryl methyl sites for hydroxylation is 1. The first-order valence-corrected chi connectivity index (χ1v) is 9.48. The number of carbonyl (C=O) groups is 1. The third kappa shape index (κ3) is 4.03. The van der Waals surface area contributed by atoms with E-state index in [1.54, 1.807) is 11.8 Å². The third-order valence-corrected chi connectivity index (χ3v) is 5.76. The molecule has 0 N–H and O–H groups in total. The van der Waals surface area contributed by atoms with E-state index in [1.165, 1.54) is 38.5 Å². The van der Waals surface area contributed by atoms with Crippen LogP contribution < -0.4 is 0 Å². The van der Waals surface area contributed by atoms with Crippen molar-refractivity contribution in [3.8, 4) is 0 Å². The van der Waals surface area contributed by atoms with Crippen LogP contribution in [0.3, 0.4) is 0 Å². The molecule has 0 bridgehead atoms. The summed E-state index contributed by atoms with van der Waals surface area (Å²) in [5, 5.41) is 0.951. The zero-order chi connectivity index (χ0) is 15.5. The van der Waals surface area contributed by atoms with Crippen LogP contribution in [0, 0.1) is 12.8 Å². The molecule has 0 aromatic carbocycles. The van der Waals surface area contributed by atoms with Gasteiger partial charge in [0.1, 0.15) is 0 Å². The maximum atomic E-state index is 12.7. The molecule has 0 atom stereocenters. The van der Waals surface area contributed by atoms with Crippen LogP contribution in [0.4, 0.5) is 0 Å². The molecular formula is C18H26N2OS. The molecule has 3 nitrogen and oxygen atoms in total. The molecule has 2 fully saturated rings. The zero-order valence-electron chi connectivity index (χ0n) is 13.6. The minimum Gasteiger partial charge on any atom is -0.336 e. The molecule has 4 heteroatoms. The average Bonchev–Trinajstić information content (AvgIpc) is 3.34. The lowest BCUT2D eigenvalue weighted by molar-refractivity contribution is -0.132. The van der Waals surface area contributed by atoms with Crippen LogP contribution in [0.1, 0.15) is 51.0 Å². The number of thioether (sulfide) groups is 1. The lowest BCUT2D eigenvalue weighted by Gasteiger charge is -2.36. The number of nitrogens with zero attached hydrogens (tertiary/aromatic N) is 2. The van der Waals surface area contributed by atoms with Gasteiger partial charge in [0.05, 0.1) is 10.8 Å². The molecule has 1 aromatic rings. The van der Waals surface area contributed by atoms with Crippen LogP contribution in [0.5, 0.6) is 0 Å². The SMILES string of the molecule is Cc1ccc(SCC(=O)N(C2CCC(C)CC2)C2CC2)nc1. The molecule has 22 heavy (non-hydrogen) atoms. The summed E-state index contributed by atoms with van der Waals surface area (Å²) >= 11 is 1.57. The Morgan fingerprint density at radius 1 is 1.18 bits per heavy atom. The Morgan fingerprint density at radius 2 is 1.82 bits per heavy atom. The number of hydrogen-bond donors (Lipinski definition) is 0. The van der Waals surface area contributed by atoms with Crippen molar-refractivity contribution >= 4 is 17.7 Å². The van der Waals surface area contributed by atoms with Crippen molar-refractivity contribution in [2.45, 2.75) is 69.5 Å². The number of hydrogen-bond acceptors (Lipinski definition) is 3. The molecule has 1 heterocycles. The molecule has 0 aliphatic heterocycles. The summed E-state index contributed by atoms with van der Waals surface area (Å²) in [7, 11) is 0. The van der Waals surface area contributed by atoms with Gasteiger partial charge in [-0.2, -0.15) is 0 Å². The van der Waals surface area contributed by atoms with Crippen LogP contribution in [-0.4, -0.2) is 33.6 Å². The van der Waals surface area contributed by atoms with Crippen molar-refractivity contribution in [1.82, 2.24) is 9.88 Å². The fourth-order valence-corrected chi connectivity index (χ4v) is 4.04. The van der Waals surface area contributed by atoms with Gasteiger partial charge in [-0.05, 0) is 63.0 Å². The molecule has 0 unspecified atom stereocenters. The van der Waals surface area contributed by atoms with Crippen LogP contribution in [0.15, 0.2) is 23.4 Å². The van der Waals surface area contributed by atoms with E-state index in [-0.39, 0.29) is 0 Å². The normalized spacial score (nSPS) is 25.0. The second-order valence-electron chi connectivity index (χ2n) is 6.91. The van der Waals surface area contributed by atoms with E-state index >= 15 is 0 Å². The highest BCUT2D eigenvalue weighted by Crippen LogP contribution is 2.35. The van der Waals surface area contributed by atoms with E-state index in [0.717, 1.165) is 16.5 Å². The average molecular weight is 318 g/mol. The van der Waals surface area contributed by atoms with Gasteiger partial charge in [0.25, 0.3) is 0 Å². The van der Waals surface area contributed by atoms with Crippen molar-refractivity contribution in [2.24, 2.45) is 5.92 Å². The summed E-state index contributed by atoms with van der Waals surface area (Å²) in [5.74, 6) is 1.67. The molecule has 2 aliphatic rings. The van der Waals surface area contributed by atoms with E-state index in [2.05, 4.69) is 22.9 Å². The number of pyridine rings is 1. The summed E-state index contributed by atoms with van der Waals surface area (Å²) in [6.45, 7) is 4.36. The number of aromatic nitrogens is 1. The Morgan fingerprint density at radius 3 is 2.36 bits per heavy atom. The first kappa shape index (κ1) is 15.9. The number of rotatable bonds is 5. The number of carbonyl (C=O) groups excluding carboxylic acids is 1. The first-order valence-electron chi connectivity index (χ1n) is 8.50. The van der Waals surface area contributed by atoms with Gasteiger partial charge in [0.2, 0.25) is 5.91 Å². The van der Waals surface area contributed by atoms with Crippen molar-refractivity contribution in [3.63, 3.8) is 0 Å². The Balaban J connectivity index is 1.57. The molecule has 2 aliphatic carbocycles. The molecule has 0 saturated heterocycles. The molecule has 0 radical (unpaired) electrons. The van der Waals surface area contributed by atoms with Gasteiger partial charge in [0.15, 0.2) is 0 Å². The third-order valence-electron chi connectivity index (χ3n) is 4.83. The van der Waals surface area contributed by atoms with Crippen LogP contribution in [-0.2, 0) is 4.79 Å². The molecule has 3 rings (SSSR count). The van der Waals surface area contributed by atoms with E-state index in [4.69, 9.17) is 0 Å². The Labute approximate surface area is 137 Å². The van der Waals surface area contributed by atoms with Crippen molar-refractivity contribution in [3.05, 3.63) is 23.9 Å². The summed E-state index contributed by atoms with van der Waals surface area (Å²) in [5.41, 5.74) is 1.16. The van der Waals surface area contributed by atoms with Gasteiger partial charge >= 0.3 is 0 Å². The van der Waals surface area contributed by atoms with Gasteiger partial charge < -0.3 is 4.90 Å². The standard InChI is InChI=1S/C18H26N2OS/c1-13-3-6-15(7-4-13)20(16-8-9-16)18(21)12-22-17-10-5-14(2)11-19-17/h5,10-11,13,15-16H,3-4,6-9,12H2,1-2H3. The molecule has 120 valence electrons. The van der Waals surface area contributed by atoms with Gasteiger partial charge in [-0.1, -0.05) is 24.8 Å². The molecule has 2 saturated carbocycles. The smallest absolute Gasteiger partial charge is 0.233 e. The topological polar surface area (TPSA) is 33.2 Å². The fraction of sp³-hybridized carbons (Fsp3) is 0.667. The van der Waals surface area contributed by atoms with E-state index in [9.17, 15) is 4.79 Å². The second kappa shape index (κ2) is 7.03. The molecular weight excluding hydrogens is 292 g/mol. The number of amides is 1. The summed E-state index contributed by atoms with van der Waals surface area (Å²) < 4.78 is 0. The molecule has 1 aromatic heterocycles. The summed E-state index contributed by atoms with van der Waals surface area (Å²) in [6, 6.07) is 5.08. The van der Waals surface area contributed by atoms with Crippen molar-refractivity contribution in [1.29, 1.82) is 0 Å². The lowest BCUT2D eigenvalue weighted by atomic mass is 9.86. The predicted molar refractivity (Wildman–Crippen MR) is 91.0 cm³/mol. The van der Waals surface area contributed by atoms with E-state index < -0.39 is 0 Å². The van der Waals surface area contributed by atoms with Crippen LogP contribution in [0.2, 0.25) is 0 Å². The maximum Gasteiger partial charge on any atom is 0.233 e. The molecule has 0 spiro atoms. The molecule has 1 amide bonds. The van der Waals surface area contributed by atoms with Gasteiger partial charge in [-0.15, -0.1) is 0 Å². The summed E-state index contributed by atoms with van der Waals surface area (Å²) in [6.07, 6.45) is 9.19. The highest BCUT2D eigenvalue weighted by molar-refractivity contribution is 7.99. The Bertz CT molecular complexity index is 504. The lowest BCUT2D eigenvalue weighted by Crippen LogP contribution is -2.44. The quantitative estimate of drug-likeness (QED) is 0.768. The Hall–Kier alpha value is -1.03. The van der Waals surface area contributed by atoms with Gasteiger partial charge in [-0.25, -0.2) is 4.98 Å². The van der Waals surface area contributed by atoms with E-state index in [1.807, 2.05) is 19.2 Å². The maximum absolute atomic E-state index is 12.7. The van der Waals surface area contributed by atoms with Crippen molar-refractivity contribution in [2.75, 3.05) is 5.75 Å². The fourth-order valence-electron chi connectivity index (χ4n) is 3.33. The van der Waals surface area contributed by atoms with Gasteiger partial charge in [0, 0.05) is 18.3 Å². The van der Waals surface area contributed by atoms with Gasteiger partial charge in [-0.3, -0.25) is 4.79 Å². The first-order chi connectivity index (χ1) is 10.6. The van der Waals surface area contributed by atoms with Crippen molar-refractivity contribution < 1.29 is 4.79 Å². The minimum absolute atomic E-state index is 0.314. The monoisotopic (exact) mass is 318 g/mol.